The standard InChI is InChI=1S/C8H17N3O.C4H11N.CH2O/c1-8(12)10-4-7-11-5-2-9-3-6-11;1-3-4(2)5;1-2/h9H,2-7H2,1H3,(H,10,12);4H,3,5H2,1-2H3;1H2. The lowest BCUT2D eigenvalue weighted by atomic mass is 10.3. The van der Waals surface area contributed by atoms with Crippen LogP contribution < -0.4 is 16.4 Å². The molecule has 0 radical (unpaired) electrons. The predicted molar refractivity (Wildman–Crippen MR) is 79.1 cm³/mol. The van der Waals surface area contributed by atoms with Gasteiger partial charge in [0.1, 0.15) is 6.79 Å². The Kier molecular flexibility index (Phi) is 16.1. The molecule has 1 unspecified atom stereocenters. The number of piperazine rings is 1. The van der Waals surface area contributed by atoms with Gasteiger partial charge in [0, 0.05) is 52.2 Å². The molecule has 1 fully saturated rings. The van der Waals surface area contributed by atoms with Gasteiger partial charge >= 0.3 is 0 Å². The molecule has 1 saturated heterocycles. The van der Waals surface area contributed by atoms with Crippen LogP contribution in [0.2, 0.25) is 0 Å². The van der Waals surface area contributed by atoms with E-state index in [2.05, 4.69) is 22.5 Å². The van der Waals surface area contributed by atoms with Gasteiger partial charge in [-0.1, -0.05) is 6.92 Å². The highest BCUT2D eigenvalue weighted by atomic mass is 16.1. The Morgan fingerprint density at radius 3 is 2.26 bits per heavy atom. The fourth-order valence-corrected chi connectivity index (χ4v) is 1.32. The predicted octanol–water partition coefficient (Wildman–Crippen LogP) is -0.414. The number of nitrogens with two attached hydrogens (primary N) is 1. The van der Waals surface area contributed by atoms with Crippen LogP contribution in [0.3, 0.4) is 0 Å². The molecular formula is C13H30N4O2. The summed E-state index contributed by atoms with van der Waals surface area (Å²) in [5.41, 5.74) is 5.29. The van der Waals surface area contributed by atoms with Crippen LogP contribution in [0.1, 0.15) is 27.2 Å². The first-order valence-electron chi connectivity index (χ1n) is 6.78. The van der Waals surface area contributed by atoms with Gasteiger partial charge in [-0.25, -0.2) is 0 Å². The number of carbonyl (C=O) groups is 2. The molecule has 0 saturated carbocycles. The molecule has 1 amide bonds. The van der Waals surface area contributed by atoms with E-state index in [1.54, 1.807) is 6.92 Å². The van der Waals surface area contributed by atoms with Crippen molar-refractivity contribution in [1.29, 1.82) is 0 Å². The quantitative estimate of drug-likeness (QED) is 0.648. The zero-order chi connectivity index (χ0) is 15.1. The van der Waals surface area contributed by atoms with Crippen LogP contribution >= 0.6 is 0 Å². The molecule has 0 spiro atoms. The maximum atomic E-state index is 10.5. The molecule has 1 rings (SSSR count). The van der Waals surface area contributed by atoms with Gasteiger partial charge in [0.2, 0.25) is 5.91 Å². The Morgan fingerprint density at radius 2 is 1.89 bits per heavy atom. The van der Waals surface area contributed by atoms with Crippen molar-refractivity contribution < 1.29 is 9.59 Å². The van der Waals surface area contributed by atoms with E-state index in [9.17, 15) is 4.79 Å². The highest BCUT2D eigenvalue weighted by molar-refractivity contribution is 5.72. The zero-order valence-electron chi connectivity index (χ0n) is 12.6. The maximum absolute atomic E-state index is 10.5. The second kappa shape index (κ2) is 15.1. The molecule has 0 aromatic heterocycles. The Morgan fingerprint density at radius 1 is 1.42 bits per heavy atom. The van der Waals surface area contributed by atoms with Crippen molar-refractivity contribution in [2.45, 2.75) is 33.2 Å². The Bertz CT molecular complexity index is 207. The molecule has 6 heteroatoms. The van der Waals surface area contributed by atoms with Gasteiger partial charge in [0.05, 0.1) is 0 Å². The number of carbonyl (C=O) groups excluding carboxylic acids is 2. The lowest BCUT2D eigenvalue weighted by molar-refractivity contribution is -0.119. The first-order valence-corrected chi connectivity index (χ1v) is 6.78. The van der Waals surface area contributed by atoms with Gasteiger partial charge in [-0.05, 0) is 13.3 Å². The van der Waals surface area contributed by atoms with Crippen molar-refractivity contribution in [3.05, 3.63) is 0 Å². The van der Waals surface area contributed by atoms with E-state index in [0.717, 1.165) is 45.7 Å². The molecule has 114 valence electrons. The van der Waals surface area contributed by atoms with Crippen molar-refractivity contribution in [2.75, 3.05) is 39.3 Å². The summed E-state index contributed by atoms with van der Waals surface area (Å²) in [4.78, 5) is 20.9. The first-order chi connectivity index (χ1) is 9.06. The van der Waals surface area contributed by atoms with E-state index in [0.29, 0.717) is 6.04 Å². The van der Waals surface area contributed by atoms with Gasteiger partial charge in [-0.3, -0.25) is 9.69 Å². The smallest absolute Gasteiger partial charge is 0.216 e. The second-order valence-corrected chi connectivity index (χ2v) is 4.46. The van der Waals surface area contributed by atoms with Crippen molar-refractivity contribution in [3.63, 3.8) is 0 Å². The number of amides is 1. The molecule has 19 heavy (non-hydrogen) atoms. The van der Waals surface area contributed by atoms with E-state index in [4.69, 9.17) is 10.5 Å². The molecule has 1 aliphatic rings. The van der Waals surface area contributed by atoms with E-state index in [-0.39, 0.29) is 5.91 Å². The van der Waals surface area contributed by atoms with Gasteiger partial charge < -0.3 is 21.2 Å². The van der Waals surface area contributed by atoms with Crippen molar-refractivity contribution >= 4 is 12.7 Å². The molecule has 4 N–H and O–H groups in total. The first kappa shape index (κ1) is 20.3. The van der Waals surface area contributed by atoms with E-state index >= 15 is 0 Å². The Balaban J connectivity index is 0. The van der Waals surface area contributed by atoms with Gasteiger partial charge in [-0.2, -0.15) is 0 Å². The average Bonchev–Trinajstić information content (AvgIpc) is 2.42. The molecule has 0 aliphatic carbocycles. The zero-order valence-corrected chi connectivity index (χ0v) is 12.6. The van der Waals surface area contributed by atoms with Crippen molar-refractivity contribution in [2.24, 2.45) is 5.73 Å². The molecule has 0 aromatic carbocycles. The van der Waals surface area contributed by atoms with Crippen LogP contribution in [-0.2, 0) is 9.59 Å². The van der Waals surface area contributed by atoms with E-state index in [1.807, 2.05) is 13.7 Å². The lowest BCUT2D eigenvalue weighted by Crippen LogP contribution is -2.46. The van der Waals surface area contributed by atoms with Crippen molar-refractivity contribution in [1.82, 2.24) is 15.5 Å². The highest BCUT2D eigenvalue weighted by Gasteiger charge is 2.07. The fourth-order valence-electron chi connectivity index (χ4n) is 1.32. The van der Waals surface area contributed by atoms with Crippen molar-refractivity contribution in [3.8, 4) is 0 Å². The third-order valence-corrected chi connectivity index (χ3v) is 2.66. The molecule has 1 heterocycles. The fraction of sp³-hybridized carbons (Fsp3) is 0.846. The summed E-state index contributed by atoms with van der Waals surface area (Å²) < 4.78 is 0. The summed E-state index contributed by atoms with van der Waals surface area (Å²) in [6, 6.07) is 0.384. The SMILES string of the molecule is C=O.CC(=O)NCCN1CCNCC1.CCC(C)N. The summed E-state index contributed by atoms with van der Waals surface area (Å²) in [5.74, 6) is 0.0603. The van der Waals surface area contributed by atoms with Crippen LogP contribution in [0.5, 0.6) is 0 Å². The number of nitrogens with zero attached hydrogens (tertiary/aromatic N) is 1. The minimum Gasteiger partial charge on any atom is -0.355 e. The Labute approximate surface area is 117 Å². The number of nitrogens with one attached hydrogen (secondary N) is 2. The molecule has 0 bridgehead atoms. The van der Waals surface area contributed by atoms with Gasteiger partial charge in [-0.15, -0.1) is 0 Å². The lowest BCUT2D eigenvalue weighted by Gasteiger charge is -2.26. The van der Waals surface area contributed by atoms with E-state index < -0.39 is 0 Å². The van der Waals surface area contributed by atoms with Crippen LogP contribution in [0.15, 0.2) is 0 Å². The minimum atomic E-state index is 0.0603. The summed E-state index contributed by atoms with van der Waals surface area (Å²) in [6.45, 7) is 13.7. The molecule has 0 aromatic rings. The van der Waals surface area contributed by atoms with Crippen LogP contribution in [0.25, 0.3) is 0 Å². The number of rotatable bonds is 4. The van der Waals surface area contributed by atoms with Crippen LogP contribution in [0.4, 0.5) is 0 Å². The topological polar surface area (TPSA) is 87.5 Å². The molecule has 1 atom stereocenters. The molecule has 6 nitrogen and oxygen atoms in total. The third kappa shape index (κ3) is 17.0. The number of hydrogen-bond donors (Lipinski definition) is 3. The summed E-state index contributed by atoms with van der Waals surface area (Å²) in [5, 5.41) is 6.08. The molecular weight excluding hydrogens is 244 g/mol. The maximum Gasteiger partial charge on any atom is 0.216 e. The normalized spacial score (nSPS) is 16.2. The second-order valence-electron chi connectivity index (χ2n) is 4.46. The summed E-state index contributed by atoms with van der Waals surface area (Å²) in [7, 11) is 0. The highest BCUT2D eigenvalue weighted by Crippen LogP contribution is 1.89. The summed E-state index contributed by atoms with van der Waals surface area (Å²) in [6.07, 6.45) is 1.08. The monoisotopic (exact) mass is 274 g/mol. The van der Waals surface area contributed by atoms with Gasteiger partial charge in [0.15, 0.2) is 0 Å². The van der Waals surface area contributed by atoms with Gasteiger partial charge in [0.25, 0.3) is 0 Å². The molecule has 1 aliphatic heterocycles. The van der Waals surface area contributed by atoms with Crippen LogP contribution in [0, 0.1) is 0 Å². The third-order valence-electron chi connectivity index (χ3n) is 2.66. The van der Waals surface area contributed by atoms with E-state index in [1.165, 1.54) is 0 Å². The largest absolute Gasteiger partial charge is 0.355 e. The Hall–Kier alpha value is -0.980. The number of hydrogen-bond acceptors (Lipinski definition) is 5. The summed E-state index contributed by atoms with van der Waals surface area (Å²) >= 11 is 0. The average molecular weight is 274 g/mol. The minimum absolute atomic E-state index is 0.0603. The van der Waals surface area contributed by atoms with Crippen LogP contribution in [-0.4, -0.2) is 62.9 Å².